The number of nitrogens with zero attached hydrogens (tertiary/aromatic N) is 7. The fraction of sp³-hybridized carbons (Fsp3) is 0.310. The Morgan fingerprint density at radius 1 is 1.13 bits per heavy atom. The molecule has 4 aromatic heterocycles. The van der Waals surface area contributed by atoms with Crippen LogP contribution in [0.15, 0.2) is 55.4 Å². The molecule has 9 nitrogen and oxygen atoms in total. The second-order valence-electron chi connectivity index (χ2n) is 11.2. The number of benzene rings is 1. The molecule has 0 spiro atoms. The number of anilines is 2. The number of hydrogen-bond acceptors (Lipinski definition) is 8. The molecule has 1 atom stereocenters. The van der Waals surface area contributed by atoms with Gasteiger partial charge >= 0.3 is 0 Å². The second-order valence-corrected chi connectivity index (χ2v) is 11.6. The maximum Gasteiger partial charge on any atom is 0.110 e. The van der Waals surface area contributed by atoms with Gasteiger partial charge in [-0.25, -0.2) is 4.68 Å². The number of hydrogen-bond donors (Lipinski definition) is 2. The number of nitriles is 1. The highest BCUT2D eigenvalue weighted by molar-refractivity contribution is 6.35. The van der Waals surface area contributed by atoms with E-state index in [9.17, 15) is 5.26 Å². The average molecular weight is 538 g/mol. The Kier molecular flexibility index (Phi) is 6.28. The molecule has 5 aromatic rings. The first-order chi connectivity index (χ1) is 18.8. The zero-order valence-electron chi connectivity index (χ0n) is 22.0. The Bertz CT molecular complexity index is 1720. The summed E-state index contributed by atoms with van der Waals surface area (Å²) in [5.41, 5.74) is 4.32. The van der Waals surface area contributed by atoms with Crippen molar-refractivity contribution in [3.05, 3.63) is 77.2 Å². The molecule has 2 N–H and O–H groups in total. The lowest BCUT2D eigenvalue weighted by atomic mass is 9.96. The van der Waals surface area contributed by atoms with Crippen LogP contribution in [0.1, 0.15) is 62.5 Å². The van der Waals surface area contributed by atoms with Gasteiger partial charge in [0.15, 0.2) is 0 Å². The van der Waals surface area contributed by atoms with Crippen LogP contribution in [-0.2, 0) is 0 Å². The van der Waals surface area contributed by atoms with Gasteiger partial charge in [-0.2, -0.15) is 5.26 Å². The van der Waals surface area contributed by atoms with Gasteiger partial charge in [-0.15, -0.1) is 5.10 Å². The van der Waals surface area contributed by atoms with Crippen molar-refractivity contribution in [1.29, 1.82) is 5.26 Å². The van der Waals surface area contributed by atoms with Gasteiger partial charge in [0.1, 0.15) is 11.8 Å². The van der Waals surface area contributed by atoms with Gasteiger partial charge < -0.3 is 10.6 Å². The van der Waals surface area contributed by atoms with Gasteiger partial charge in [-0.3, -0.25) is 15.0 Å². The molecule has 0 amide bonds. The molecule has 39 heavy (non-hydrogen) atoms. The number of aromatic nitrogens is 6. The molecule has 6 rings (SSSR count). The second kappa shape index (κ2) is 9.79. The van der Waals surface area contributed by atoms with Crippen LogP contribution in [0, 0.1) is 16.7 Å². The summed E-state index contributed by atoms with van der Waals surface area (Å²) in [5, 5.41) is 29.1. The molecule has 0 aliphatic heterocycles. The minimum absolute atomic E-state index is 0.0106. The molecule has 4 heterocycles. The van der Waals surface area contributed by atoms with Crippen LogP contribution in [0.2, 0.25) is 5.02 Å². The summed E-state index contributed by atoms with van der Waals surface area (Å²) in [7, 11) is 0. The largest absolute Gasteiger partial charge is 0.383 e. The Morgan fingerprint density at radius 3 is 2.72 bits per heavy atom. The van der Waals surface area contributed by atoms with Crippen molar-refractivity contribution < 1.29 is 0 Å². The molecular weight excluding hydrogens is 510 g/mol. The van der Waals surface area contributed by atoms with E-state index in [1.165, 1.54) is 0 Å². The fourth-order valence-electron chi connectivity index (χ4n) is 4.66. The third kappa shape index (κ3) is 5.08. The number of pyridine rings is 3. The van der Waals surface area contributed by atoms with Crippen molar-refractivity contribution in [2.24, 2.45) is 5.41 Å². The van der Waals surface area contributed by atoms with Crippen molar-refractivity contribution in [1.82, 2.24) is 29.9 Å². The van der Waals surface area contributed by atoms with Gasteiger partial charge in [0.2, 0.25) is 0 Å². The Morgan fingerprint density at radius 2 is 1.95 bits per heavy atom. The Balaban J connectivity index is 1.47. The summed E-state index contributed by atoms with van der Waals surface area (Å²) < 4.78 is 1.94. The number of nitrogens with one attached hydrogen (secondary N) is 2. The molecule has 1 aromatic carbocycles. The SMILES string of the molecule is CC(C)(C)CNc1c(C#N)cnc2c(Cl)cc(NC(c3cn(C4CC4)nn3)c3cncc4cnccc34)cc12. The lowest BCUT2D eigenvalue weighted by Crippen LogP contribution is -2.20. The van der Waals surface area contributed by atoms with Crippen LogP contribution in [0.25, 0.3) is 21.7 Å². The van der Waals surface area contributed by atoms with E-state index in [0.717, 1.165) is 51.6 Å². The van der Waals surface area contributed by atoms with Gasteiger partial charge in [0.25, 0.3) is 0 Å². The van der Waals surface area contributed by atoms with Crippen molar-refractivity contribution in [2.75, 3.05) is 17.2 Å². The maximum atomic E-state index is 9.83. The zero-order valence-corrected chi connectivity index (χ0v) is 22.7. The standard InChI is InChI=1S/C29H28ClN9/c1-29(2,3)16-35-26-17(10-31)13-34-27-22(26)8-19(9-24(27)30)36-28(25-15-39(38-37-25)20-4-5-20)23-14-33-12-18-11-32-7-6-21(18)23/h6-9,11-15,20,28,36H,4-5,16H2,1-3H3,(H,34,35). The molecule has 0 radical (unpaired) electrons. The van der Waals surface area contributed by atoms with Crippen LogP contribution < -0.4 is 10.6 Å². The first-order valence-electron chi connectivity index (χ1n) is 12.9. The number of fused-ring (bicyclic) bond motifs is 2. The number of halogens is 1. The van der Waals surface area contributed by atoms with Crippen LogP contribution >= 0.6 is 11.6 Å². The fourth-order valence-corrected chi connectivity index (χ4v) is 4.93. The molecule has 1 saturated carbocycles. The summed E-state index contributed by atoms with van der Waals surface area (Å²) in [6.45, 7) is 7.10. The summed E-state index contributed by atoms with van der Waals surface area (Å²) >= 11 is 6.78. The molecule has 0 saturated heterocycles. The zero-order chi connectivity index (χ0) is 27.1. The van der Waals surface area contributed by atoms with Crippen LogP contribution in [0.3, 0.4) is 0 Å². The molecule has 1 unspecified atom stereocenters. The lowest BCUT2D eigenvalue weighted by Gasteiger charge is -2.22. The topological polar surface area (TPSA) is 117 Å². The minimum atomic E-state index is -0.359. The molecule has 1 aliphatic carbocycles. The van der Waals surface area contributed by atoms with Crippen LogP contribution in [0.4, 0.5) is 11.4 Å². The van der Waals surface area contributed by atoms with Crippen molar-refractivity contribution >= 4 is 44.7 Å². The normalized spacial score (nSPS) is 14.3. The van der Waals surface area contributed by atoms with Gasteiger partial charge in [-0.05, 0) is 41.8 Å². The Hall–Kier alpha value is -4.29. The van der Waals surface area contributed by atoms with Crippen molar-refractivity contribution in [3.63, 3.8) is 0 Å². The molecule has 10 heteroatoms. The smallest absolute Gasteiger partial charge is 0.110 e. The quantitative estimate of drug-likeness (QED) is 0.249. The molecule has 196 valence electrons. The predicted molar refractivity (Wildman–Crippen MR) is 153 cm³/mol. The molecule has 1 aliphatic rings. The highest BCUT2D eigenvalue weighted by atomic mass is 35.5. The minimum Gasteiger partial charge on any atom is -0.383 e. The highest BCUT2D eigenvalue weighted by Gasteiger charge is 2.28. The van der Waals surface area contributed by atoms with E-state index < -0.39 is 0 Å². The van der Waals surface area contributed by atoms with E-state index in [1.807, 2.05) is 35.3 Å². The lowest BCUT2D eigenvalue weighted by molar-refractivity contribution is 0.443. The number of rotatable bonds is 7. The molecule has 0 bridgehead atoms. The van der Waals surface area contributed by atoms with E-state index in [-0.39, 0.29) is 11.5 Å². The maximum absolute atomic E-state index is 9.83. The first-order valence-corrected chi connectivity index (χ1v) is 13.3. The van der Waals surface area contributed by atoms with E-state index in [1.54, 1.807) is 24.8 Å². The average Bonchev–Trinajstić information content (AvgIpc) is 3.66. The summed E-state index contributed by atoms with van der Waals surface area (Å²) in [6, 6.07) is 8.14. The van der Waals surface area contributed by atoms with Gasteiger partial charge in [-0.1, -0.05) is 37.6 Å². The molecular formula is C29H28ClN9. The van der Waals surface area contributed by atoms with Gasteiger partial charge in [0, 0.05) is 59.6 Å². The molecule has 1 fully saturated rings. The van der Waals surface area contributed by atoms with E-state index >= 15 is 0 Å². The van der Waals surface area contributed by atoms with Gasteiger partial charge in [0.05, 0.1) is 40.1 Å². The third-order valence-corrected chi connectivity index (χ3v) is 7.09. The predicted octanol–water partition coefficient (Wildman–Crippen LogP) is 6.29. The van der Waals surface area contributed by atoms with Crippen LogP contribution in [0.5, 0.6) is 0 Å². The highest BCUT2D eigenvalue weighted by Crippen LogP contribution is 2.38. The first kappa shape index (κ1) is 25.0. The summed E-state index contributed by atoms with van der Waals surface area (Å²) in [4.78, 5) is 13.3. The van der Waals surface area contributed by atoms with Crippen molar-refractivity contribution in [2.45, 2.75) is 45.7 Å². The van der Waals surface area contributed by atoms with E-state index in [2.05, 4.69) is 62.7 Å². The Labute approximate surface area is 231 Å². The third-order valence-electron chi connectivity index (χ3n) is 6.80. The van der Waals surface area contributed by atoms with E-state index in [4.69, 9.17) is 11.6 Å². The summed E-state index contributed by atoms with van der Waals surface area (Å²) in [5.74, 6) is 0. The summed E-state index contributed by atoms with van der Waals surface area (Å²) in [6.07, 6.45) is 13.0. The van der Waals surface area contributed by atoms with Crippen LogP contribution in [-0.4, -0.2) is 36.5 Å². The van der Waals surface area contributed by atoms with Crippen molar-refractivity contribution in [3.8, 4) is 6.07 Å². The monoisotopic (exact) mass is 537 g/mol. The van der Waals surface area contributed by atoms with E-state index in [0.29, 0.717) is 28.7 Å².